The van der Waals surface area contributed by atoms with Crippen LogP contribution >= 0.6 is 11.3 Å². The van der Waals surface area contributed by atoms with Crippen LogP contribution in [0, 0.1) is 12.8 Å². The van der Waals surface area contributed by atoms with Gasteiger partial charge in [0.25, 0.3) is 5.91 Å². The fraction of sp³-hybridized carbons (Fsp3) is 0.565. The third-order valence-electron chi connectivity index (χ3n) is 6.58. The molecule has 0 aromatic carbocycles. The van der Waals surface area contributed by atoms with E-state index in [1.165, 1.54) is 31.1 Å². The van der Waals surface area contributed by atoms with E-state index in [1.54, 1.807) is 0 Å². The van der Waals surface area contributed by atoms with Crippen LogP contribution in [0.5, 0.6) is 0 Å². The SMILES string of the molecule is CC(=O)Nc1nc(C)c(-c2cc3c(c(CN4CCOCC4)n2)C(=O)N([C@@H](C)C2CC2)C3)s1. The Morgan fingerprint density at radius 2 is 2.06 bits per heavy atom. The van der Waals surface area contributed by atoms with Crippen LogP contribution in [0.4, 0.5) is 5.13 Å². The van der Waals surface area contributed by atoms with E-state index in [-0.39, 0.29) is 17.9 Å². The Morgan fingerprint density at radius 3 is 2.75 bits per heavy atom. The maximum Gasteiger partial charge on any atom is 0.256 e. The standard InChI is InChI=1S/C23H29N5O3S/c1-13-21(32-23(24-13)25-15(3)29)18-10-17-11-28(14(2)16-4-5-16)22(30)20(17)19(26-18)12-27-6-8-31-9-7-27/h10,14,16H,4-9,11-12H2,1-3H3,(H,24,25,29)/t14-/m0/s1. The van der Waals surface area contributed by atoms with Crippen LogP contribution in [0.1, 0.15) is 54.0 Å². The van der Waals surface area contributed by atoms with Crippen molar-refractivity contribution in [3.63, 3.8) is 0 Å². The molecule has 0 spiro atoms. The minimum absolute atomic E-state index is 0.113. The third kappa shape index (κ3) is 4.16. The topological polar surface area (TPSA) is 87.7 Å². The number of nitrogens with zero attached hydrogens (tertiary/aromatic N) is 4. The first-order valence-electron chi connectivity index (χ1n) is 11.3. The van der Waals surface area contributed by atoms with Crippen molar-refractivity contribution in [1.29, 1.82) is 0 Å². The van der Waals surface area contributed by atoms with E-state index in [2.05, 4.69) is 22.1 Å². The van der Waals surface area contributed by atoms with Crippen LogP contribution in [0.25, 0.3) is 10.6 Å². The highest BCUT2D eigenvalue weighted by Crippen LogP contribution is 2.40. The molecule has 2 aromatic rings. The Balaban J connectivity index is 1.53. The molecule has 1 saturated heterocycles. The number of carbonyl (C=O) groups excluding carboxylic acids is 2. The van der Waals surface area contributed by atoms with E-state index < -0.39 is 0 Å². The number of nitrogens with one attached hydrogen (secondary N) is 1. The lowest BCUT2D eigenvalue weighted by Crippen LogP contribution is -2.37. The Labute approximate surface area is 192 Å². The predicted molar refractivity (Wildman–Crippen MR) is 123 cm³/mol. The lowest BCUT2D eigenvalue weighted by molar-refractivity contribution is -0.114. The molecule has 32 heavy (non-hydrogen) atoms. The Bertz CT molecular complexity index is 1060. The molecule has 0 radical (unpaired) electrons. The summed E-state index contributed by atoms with van der Waals surface area (Å²) < 4.78 is 5.50. The van der Waals surface area contributed by atoms with E-state index in [0.29, 0.717) is 37.4 Å². The average molecular weight is 456 g/mol. The summed E-state index contributed by atoms with van der Waals surface area (Å²) >= 11 is 1.43. The van der Waals surface area contributed by atoms with Crippen LogP contribution in [0.2, 0.25) is 0 Å². The van der Waals surface area contributed by atoms with Crippen LogP contribution in [0.3, 0.4) is 0 Å². The lowest BCUT2D eigenvalue weighted by atomic mass is 10.1. The lowest BCUT2D eigenvalue weighted by Gasteiger charge is -2.27. The molecule has 1 saturated carbocycles. The van der Waals surface area contributed by atoms with Gasteiger partial charge < -0.3 is 15.0 Å². The zero-order valence-corrected chi connectivity index (χ0v) is 19.6. The van der Waals surface area contributed by atoms with Crippen molar-refractivity contribution in [1.82, 2.24) is 19.8 Å². The molecule has 0 unspecified atom stereocenters. The van der Waals surface area contributed by atoms with E-state index in [0.717, 1.165) is 46.2 Å². The molecule has 2 amide bonds. The molecule has 2 aliphatic heterocycles. The quantitative estimate of drug-likeness (QED) is 0.720. The molecule has 1 aliphatic carbocycles. The number of thiazole rings is 1. The molecule has 170 valence electrons. The number of pyridine rings is 1. The minimum atomic E-state index is -0.143. The molecule has 8 nitrogen and oxygen atoms in total. The van der Waals surface area contributed by atoms with Crippen molar-refractivity contribution >= 4 is 28.3 Å². The summed E-state index contributed by atoms with van der Waals surface area (Å²) in [6.45, 7) is 9.92. The second kappa shape index (κ2) is 8.53. The molecular formula is C23H29N5O3S. The average Bonchev–Trinajstić information content (AvgIpc) is 3.47. The van der Waals surface area contributed by atoms with Crippen molar-refractivity contribution < 1.29 is 14.3 Å². The highest BCUT2D eigenvalue weighted by molar-refractivity contribution is 7.19. The zero-order valence-electron chi connectivity index (χ0n) is 18.8. The highest BCUT2D eigenvalue weighted by Gasteiger charge is 2.40. The van der Waals surface area contributed by atoms with Gasteiger partial charge in [0, 0.05) is 39.1 Å². The minimum Gasteiger partial charge on any atom is -0.379 e. The van der Waals surface area contributed by atoms with E-state index in [9.17, 15) is 9.59 Å². The molecule has 3 aliphatic rings. The van der Waals surface area contributed by atoms with Gasteiger partial charge in [-0.1, -0.05) is 11.3 Å². The first kappa shape index (κ1) is 21.5. The first-order valence-corrected chi connectivity index (χ1v) is 12.1. The van der Waals surface area contributed by atoms with Crippen molar-refractivity contribution in [2.45, 2.75) is 52.7 Å². The number of amides is 2. The van der Waals surface area contributed by atoms with Gasteiger partial charge in [-0.3, -0.25) is 14.5 Å². The molecule has 5 rings (SSSR count). The summed E-state index contributed by atoms with van der Waals surface area (Å²) in [6.07, 6.45) is 2.41. The second-order valence-corrected chi connectivity index (χ2v) is 10.0. The van der Waals surface area contributed by atoms with E-state index in [1.807, 2.05) is 17.9 Å². The van der Waals surface area contributed by atoms with E-state index in [4.69, 9.17) is 9.72 Å². The number of aryl methyl sites for hydroxylation is 1. The highest BCUT2D eigenvalue weighted by atomic mass is 32.1. The Kier molecular flexibility index (Phi) is 5.73. The number of ether oxygens (including phenoxy) is 1. The number of aromatic nitrogens is 2. The number of morpholine rings is 1. The predicted octanol–water partition coefficient (Wildman–Crippen LogP) is 3.06. The van der Waals surface area contributed by atoms with Crippen LogP contribution < -0.4 is 5.32 Å². The normalized spacial score (nSPS) is 19.8. The van der Waals surface area contributed by atoms with Gasteiger partial charge in [0.1, 0.15) is 0 Å². The van der Waals surface area contributed by atoms with Gasteiger partial charge in [0.2, 0.25) is 5.91 Å². The zero-order chi connectivity index (χ0) is 22.4. The smallest absolute Gasteiger partial charge is 0.256 e. The molecular weight excluding hydrogens is 426 g/mol. The summed E-state index contributed by atoms with van der Waals surface area (Å²) in [7, 11) is 0. The molecule has 4 heterocycles. The summed E-state index contributed by atoms with van der Waals surface area (Å²) in [4.78, 5) is 39.7. The van der Waals surface area contributed by atoms with Gasteiger partial charge in [-0.15, -0.1) is 0 Å². The number of rotatable bonds is 6. The fourth-order valence-electron chi connectivity index (χ4n) is 4.64. The molecule has 9 heteroatoms. The number of hydrogen-bond donors (Lipinski definition) is 1. The van der Waals surface area contributed by atoms with Crippen LogP contribution in [-0.4, -0.2) is 63.9 Å². The number of fused-ring (bicyclic) bond motifs is 1. The summed E-state index contributed by atoms with van der Waals surface area (Å²) in [5, 5.41) is 3.34. The Morgan fingerprint density at radius 1 is 1.31 bits per heavy atom. The van der Waals surface area contributed by atoms with Crippen LogP contribution in [-0.2, 0) is 22.6 Å². The van der Waals surface area contributed by atoms with Gasteiger partial charge in [-0.2, -0.15) is 0 Å². The monoisotopic (exact) mass is 455 g/mol. The van der Waals surface area contributed by atoms with Crippen LogP contribution in [0.15, 0.2) is 6.07 Å². The fourth-order valence-corrected chi connectivity index (χ4v) is 5.62. The third-order valence-corrected chi connectivity index (χ3v) is 7.67. The maximum absolute atomic E-state index is 13.5. The molecule has 1 N–H and O–H groups in total. The van der Waals surface area contributed by atoms with Crippen molar-refractivity contribution in [2.75, 3.05) is 31.6 Å². The van der Waals surface area contributed by atoms with Gasteiger partial charge >= 0.3 is 0 Å². The van der Waals surface area contributed by atoms with Gasteiger partial charge in [-0.25, -0.2) is 9.97 Å². The van der Waals surface area contributed by atoms with Crippen molar-refractivity contribution in [3.05, 3.63) is 28.6 Å². The number of hydrogen-bond acceptors (Lipinski definition) is 7. The second-order valence-electron chi connectivity index (χ2n) is 9.00. The summed E-state index contributed by atoms with van der Waals surface area (Å²) in [5.74, 6) is 0.588. The summed E-state index contributed by atoms with van der Waals surface area (Å²) in [6, 6.07) is 2.30. The van der Waals surface area contributed by atoms with E-state index >= 15 is 0 Å². The Hall–Kier alpha value is -2.36. The van der Waals surface area contributed by atoms with Gasteiger partial charge in [0.05, 0.1) is 40.7 Å². The number of carbonyl (C=O) groups is 2. The molecule has 2 aromatic heterocycles. The molecule has 2 fully saturated rings. The maximum atomic E-state index is 13.5. The van der Waals surface area contributed by atoms with Gasteiger partial charge in [0.15, 0.2) is 5.13 Å². The summed E-state index contributed by atoms with van der Waals surface area (Å²) in [5.41, 5.74) is 4.31. The molecule has 0 bridgehead atoms. The first-order chi connectivity index (χ1) is 15.4. The largest absolute Gasteiger partial charge is 0.379 e. The molecule has 1 atom stereocenters. The van der Waals surface area contributed by atoms with Crippen molar-refractivity contribution in [2.24, 2.45) is 5.92 Å². The van der Waals surface area contributed by atoms with Gasteiger partial charge in [-0.05, 0) is 44.2 Å². The number of anilines is 1. The van der Waals surface area contributed by atoms with Crippen molar-refractivity contribution in [3.8, 4) is 10.6 Å².